The van der Waals surface area contributed by atoms with Gasteiger partial charge in [-0.2, -0.15) is 0 Å². The first-order valence-electron chi connectivity index (χ1n) is 17.4. The molecule has 260 valence electrons. The Labute approximate surface area is 298 Å². The molecule has 0 saturated carbocycles. The highest BCUT2D eigenvalue weighted by Gasteiger charge is 2.36. The fraction of sp³-hybridized carbons (Fsp3) is 0.256. The van der Waals surface area contributed by atoms with Crippen molar-refractivity contribution in [1.82, 2.24) is 9.80 Å². The van der Waals surface area contributed by atoms with Crippen molar-refractivity contribution >= 4 is 11.8 Å². The molecular weight excluding hydrogens is 640 g/mol. The van der Waals surface area contributed by atoms with Crippen LogP contribution in [0.3, 0.4) is 0 Å². The Hall–Kier alpha value is -4.96. The zero-order valence-corrected chi connectivity index (χ0v) is 28.8. The van der Waals surface area contributed by atoms with Gasteiger partial charge in [0.15, 0.2) is 6.29 Å². The molecule has 0 spiro atoms. The van der Waals surface area contributed by atoms with Gasteiger partial charge < -0.3 is 19.7 Å². The lowest BCUT2D eigenvalue weighted by atomic mass is 9.97. The number of likely N-dealkylation sites (N-methyl/N-ethyl adjacent to an activating group) is 1. The van der Waals surface area contributed by atoms with Crippen LogP contribution in [0, 0.1) is 0 Å². The van der Waals surface area contributed by atoms with Crippen LogP contribution in [-0.2, 0) is 22.6 Å². The van der Waals surface area contributed by atoms with E-state index in [1.54, 1.807) is 24.3 Å². The lowest BCUT2D eigenvalue weighted by molar-refractivity contribution is -0.253. The van der Waals surface area contributed by atoms with Crippen LogP contribution in [0.1, 0.15) is 80.4 Å². The molecule has 51 heavy (non-hydrogen) atoms. The van der Waals surface area contributed by atoms with E-state index in [0.29, 0.717) is 24.1 Å². The molecule has 5 atom stereocenters. The molecule has 2 amide bonds. The molecule has 2 aliphatic heterocycles. The molecule has 0 radical (unpaired) electrons. The summed E-state index contributed by atoms with van der Waals surface area (Å²) in [4.78, 5) is 29.7. The Morgan fingerprint density at radius 1 is 0.745 bits per heavy atom. The number of carbonyl (C=O) groups is 2. The van der Waals surface area contributed by atoms with Gasteiger partial charge in [0.25, 0.3) is 11.8 Å². The summed E-state index contributed by atoms with van der Waals surface area (Å²) in [5, 5.41) is 20.7. The Morgan fingerprint density at radius 2 is 1.33 bits per heavy atom. The van der Waals surface area contributed by atoms with Crippen molar-refractivity contribution in [3.05, 3.63) is 166 Å². The van der Waals surface area contributed by atoms with E-state index in [0.717, 1.165) is 38.9 Å². The van der Waals surface area contributed by atoms with Crippen LogP contribution in [0.4, 0.5) is 0 Å². The maximum absolute atomic E-state index is 13.1. The summed E-state index contributed by atoms with van der Waals surface area (Å²) in [6.07, 6.45) is -1.11. The monoisotopic (exact) mass is 682 g/mol. The van der Waals surface area contributed by atoms with Crippen molar-refractivity contribution in [1.29, 1.82) is 0 Å². The number of carbonyl (C=O) groups excluding carboxylic acids is 2. The molecule has 7 rings (SSSR count). The minimum absolute atomic E-state index is 0.0274. The number of aliphatic hydroxyl groups excluding tert-OH is 2. The maximum Gasteiger partial charge on any atom is 0.261 e. The molecule has 1 saturated heterocycles. The Balaban J connectivity index is 1.11. The molecule has 1 fully saturated rings. The highest BCUT2D eigenvalue weighted by atomic mass is 16.7. The van der Waals surface area contributed by atoms with Crippen molar-refractivity contribution in [2.45, 2.75) is 57.1 Å². The van der Waals surface area contributed by atoms with Crippen molar-refractivity contribution in [2.75, 3.05) is 13.6 Å². The molecule has 2 N–H and O–H groups in total. The molecule has 2 heterocycles. The fourth-order valence-electron chi connectivity index (χ4n) is 7.00. The molecular formula is C43H42N2O6. The van der Waals surface area contributed by atoms with Gasteiger partial charge in [-0.3, -0.25) is 19.4 Å². The van der Waals surface area contributed by atoms with Crippen molar-refractivity contribution in [3.8, 4) is 11.1 Å². The molecule has 0 unspecified atom stereocenters. The normalized spacial score (nSPS) is 20.0. The summed E-state index contributed by atoms with van der Waals surface area (Å²) in [6.45, 7) is 2.74. The van der Waals surface area contributed by atoms with Crippen LogP contribution in [0.5, 0.6) is 0 Å². The summed E-state index contributed by atoms with van der Waals surface area (Å²) in [7, 11) is 2.00. The second-order valence-electron chi connectivity index (χ2n) is 13.4. The van der Waals surface area contributed by atoms with Crippen molar-refractivity contribution < 1.29 is 29.3 Å². The zero-order chi connectivity index (χ0) is 35.5. The molecule has 0 aliphatic carbocycles. The van der Waals surface area contributed by atoms with Crippen molar-refractivity contribution in [3.63, 3.8) is 0 Å². The number of benzene rings is 5. The third kappa shape index (κ3) is 7.28. The van der Waals surface area contributed by atoms with Gasteiger partial charge in [-0.05, 0) is 59.5 Å². The maximum atomic E-state index is 13.1. The van der Waals surface area contributed by atoms with E-state index in [-0.39, 0.29) is 43.2 Å². The minimum Gasteiger partial charge on any atom is -0.392 e. The summed E-state index contributed by atoms with van der Waals surface area (Å²) in [5.74, 6) is -0.561. The quantitative estimate of drug-likeness (QED) is 0.142. The second kappa shape index (κ2) is 15.1. The third-order valence-electron chi connectivity index (χ3n) is 10.1. The Kier molecular flexibility index (Phi) is 10.2. The number of ether oxygens (including phenoxy) is 2. The van der Waals surface area contributed by atoms with Crippen LogP contribution >= 0.6 is 0 Å². The minimum atomic E-state index is -0.652. The number of amides is 2. The molecule has 5 aromatic rings. The Morgan fingerprint density at radius 3 is 1.98 bits per heavy atom. The topological polar surface area (TPSA) is 99.5 Å². The average Bonchev–Trinajstić information content (AvgIpc) is 3.42. The highest BCUT2D eigenvalue weighted by Crippen LogP contribution is 2.39. The molecule has 2 aliphatic rings. The molecule has 0 aromatic heterocycles. The fourth-order valence-corrected chi connectivity index (χ4v) is 7.00. The van der Waals surface area contributed by atoms with E-state index < -0.39 is 12.4 Å². The van der Waals surface area contributed by atoms with Crippen LogP contribution in [0.15, 0.2) is 127 Å². The standard InChI is InChI=1S/C43H42N2O6/c1-28(40(47)32-10-4-3-5-11-32)44(2)26-35-24-39(31-18-16-29(27-46)17-19-31)51-43(50-35)33-22-20-30(21-23-33)36-13-7-6-12-34(36)25-45-41(48)37-14-8-9-15-38(37)42(45)49/h3-23,28,35,39-40,43,46-47H,24-27H2,1-2H3/t28-,35-,39+,40-,43+/m1/s1. The van der Waals surface area contributed by atoms with E-state index in [4.69, 9.17) is 9.47 Å². The van der Waals surface area contributed by atoms with E-state index in [1.165, 1.54) is 4.90 Å². The number of hydrogen-bond acceptors (Lipinski definition) is 7. The third-order valence-corrected chi connectivity index (χ3v) is 10.1. The number of rotatable bonds is 11. The first-order chi connectivity index (χ1) is 24.8. The number of fused-ring (bicyclic) bond motifs is 1. The zero-order valence-electron chi connectivity index (χ0n) is 28.8. The number of nitrogens with zero attached hydrogens (tertiary/aromatic N) is 2. The predicted molar refractivity (Wildman–Crippen MR) is 194 cm³/mol. The molecule has 5 aromatic carbocycles. The van der Waals surface area contributed by atoms with Gasteiger partial charge >= 0.3 is 0 Å². The van der Waals surface area contributed by atoms with Gasteiger partial charge in [-0.25, -0.2) is 0 Å². The van der Waals surface area contributed by atoms with E-state index in [2.05, 4.69) is 4.90 Å². The van der Waals surface area contributed by atoms with E-state index in [9.17, 15) is 19.8 Å². The summed E-state index contributed by atoms with van der Waals surface area (Å²) in [6, 6.07) is 40.1. The van der Waals surface area contributed by atoms with Gasteiger partial charge in [0, 0.05) is 24.6 Å². The first-order valence-corrected chi connectivity index (χ1v) is 17.4. The number of aliphatic hydroxyl groups is 2. The van der Waals surface area contributed by atoms with Crippen LogP contribution in [0.25, 0.3) is 11.1 Å². The summed E-state index contributed by atoms with van der Waals surface area (Å²) < 4.78 is 13.2. The molecule has 8 nitrogen and oxygen atoms in total. The van der Waals surface area contributed by atoms with Crippen LogP contribution < -0.4 is 0 Å². The van der Waals surface area contributed by atoms with E-state index >= 15 is 0 Å². The van der Waals surface area contributed by atoms with E-state index in [1.807, 2.05) is 117 Å². The Bertz CT molecular complexity index is 1950. The highest BCUT2D eigenvalue weighted by molar-refractivity contribution is 6.21. The lowest BCUT2D eigenvalue weighted by Gasteiger charge is -2.39. The van der Waals surface area contributed by atoms with Gasteiger partial charge in [0.2, 0.25) is 0 Å². The summed E-state index contributed by atoms with van der Waals surface area (Å²) >= 11 is 0. The average molecular weight is 683 g/mol. The van der Waals surface area contributed by atoms with Gasteiger partial charge in [0.05, 0.1) is 42.6 Å². The summed E-state index contributed by atoms with van der Waals surface area (Å²) in [5.41, 5.74) is 7.18. The molecule has 0 bridgehead atoms. The largest absolute Gasteiger partial charge is 0.392 e. The SMILES string of the molecule is C[C@H]([C@@H](O)c1ccccc1)N(C)C[C@H]1C[C@@H](c2ccc(CO)cc2)O[C@@H](c2ccc(-c3ccccc3CN3C(=O)c4ccccc4C3=O)cc2)O1. The van der Waals surface area contributed by atoms with Crippen LogP contribution in [-0.4, -0.2) is 57.6 Å². The smallest absolute Gasteiger partial charge is 0.261 e. The van der Waals surface area contributed by atoms with Crippen molar-refractivity contribution in [2.24, 2.45) is 0 Å². The van der Waals surface area contributed by atoms with Gasteiger partial charge in [-0.1, -0.05) is 115 Å². The van der Waals surface area contributed by atoms with Gasteiger partial charge in [0.1, 0.15) is 0 Å². The number of imide groups is 1. The predicted octanol–water partition coefficient (Wildman–Crippen LogP) is 7.24. The number of hydrogen-bond donors (Lipinski definition) is 2. The van der Waals surface area contributed by atoms with Crippen LogP contribution in [0.2, 0.25) is 0 Å². The van der Waals surface area contributed by atoms with Gasteiger partial charge in [-0.15, -0.1) is 0 Å². The molecule has 8 heteroatoms. The second-order valence-corrected chi connectivity index (χ2v) is 13.4. The first kappa shape index (κ1) is 34.5. The lowest BCUT2D eigenvalue weighted by Crippen LogP contribution is -2.43.